The average molecular weight is 390 g/mol. The lowest BCUT2D eigenvalue weighted by Gasteiger charge is -2.22. The third-order valence-corrected chi connectivity index (χ3v) is 4.35. The molecule has 1 aromatic carbocycles. The lowest BCUT2D eigenvalue weighted by Crippen LogP contribution is -2.45. The van der Waals surface area contributed by atoms with Crippen LogP contribution in [0.5, 0.6) is 0 Å². The van der Waals surface area contributed by atoms with Gasteiger partial charge in [-0.1, -0.05) is 31.1 Å². The number of aliphatic carboxylic acids is 1. The number of halogens is 1. The second-order valence-electron chi connectivity index (χ2n) is 7.05. The van der Waals surface area contributed by atoms with E-state index < -0.39 is 35.4 Å². The zero-order chi connectivity index (χ0) is 20.8. The number of rotatable bonds is 9. The molecule has 28 heavy (non-hydrogen) atoms. The van der Waals surface area contributed by atoms with Crippen LogP contribution in [0.1, 0.15) is 42.1 Å². The molecule has 2 aromatic rings. The van der Waals surface area contributed by atoms with Crippen LogP contribution in [0.4, 0.5) is 4.39 Å². The van der Waals surface area contributed by atoms with E-state index in [4.69, 9.17) is 4.52 Å². The first kappa shape index (κ1) is 21.3. The van der Waals surface area contributed by atoms with Crippen LogP contribution in [0.15, 0.2) is 34.9 Å². The SMILES string of the molecule is Cc1cc(C(=O)NC(C(=O)C[C@@H](Cc2ccc(F)cc2)C(=O)O)C(C)C)no1. The normalized spacial score (nSPS) is 13.2. The maximum atomic E-state index is 13.0. The van der Waals surface area contributed by atoms with E-state index in [0.29, 0.717) is 11.3 Å². The van der Waals surface area contributed by atoms with E-state index in [1.165, 1.54) is 30.3 Å². The van der Waals surface area contributed by atoms with E-state index in [0.717, 1.165) is 0 Å². The number of nitrogens with one attached hydrogen (secondary N) is 1. The average Bonchev–Trinajstić information content (AvgIpc) is 3.06. The highest BCUT2D eigenvalue weighted by molar-refractivity contribution is 5.97. The highest BCUT2D eigenvalue weighted by Crippen LogP contribution is 2.17. The first-order valence-corrected chi connectivity index (χ1v) is 8.91. The first-order chi connectivity index (χ1) is 13.2. The van der Waals surface area contributed by atoms with Gasteiger partial charge in [0, 0.05) is 12.5 Å². The van der Waals surface area contributed by atoms with Crippen molar-refractivity contribution in [3.05, 3.63) is 53.2 Å². The van der Waals surface area contributed by atoms with Crippen LogP contribution < -0.4 is 5.32 Å². The summed E-state index contributed by atoms with van der Waals surface area (Å²) in [5.74, 6) is -3.26. The maximum absolute atomic E-state index is 13.0. The molecule has 2 atom stereocenters. The lowest BCUT2D eigenvalue weighted by atomic mass is 9.89. The topological polar surface area (TPSA) is 110 Å². The minimum atomic E-state index is -1.13. The number of carbonyl (C=O) groups excluding carboxylic acids is 2. The monoisotopic (exact) mass is 390 g/mol. The molecule has 1 heterocycles. The van der Waals surface area contributed by atoms with Crippen LogP contribution >= 0.6 is 0 Å². The Bertz CT molecular complexity index is 845. The molecule has 0 saturated carbocycles. The molecule has 0 fully saturated rings. The van der Waals surface area contributed by atoms with Gasteiger partial charge in [0.15, 0.2) is 11.5 Å². The summed E-state index contributed by atoms with van der Waals surface area (Å²) in [6.45, 7) is 5.15. The molecule has 0 spiro atoms. The summed E-state index contributed by atoms with van der Waals surface area (Å²) < 4.78 is 17.9. The Labute approximate surface area is 161 Å². The standard InChI is InChI=1S/C20H23FN2O5/c1-11(2)18(22-19(25)16-8-12(3)28-23-16)17(24)10-14(20(26)27)9-13-4-6-15(21)7-5-13/h4-8,11,14,18H,9-10H2,1-3H3,(H,22,25)(H,26,27)/t14-,18?/m1/s1. The van der Waals surface area contributed by atoms with Crippen molar-refractivity contribution in [2.75, 3.05) is 0 Å². The molecule has 1 unspecified atom stereocenters. The Morgan fingerprint density at radius 1 is 1.21 bits per heavy atom. The van der Waals surface area contributed by atoms with Crippen molar-refractivity contribution >= 4 is 17.7 Å². The van der Waals surface area contributed by atoms with Gasteiger partial charge in [0.25, 0.3) is 5.91 Å². The molecule has 150 valence electrons. The summed E-state index contributed by atoms with van der Waals surface area (Å²) in [5.41, 5.74) is 0.668. The summed E-state index contributed by atoms with van der Waals surface area (Å²) in [6, 6.07) is 6.06. The second kappa shape index (κ2) is 9.25. The van der Waals surface area contributed by atoms with Crippen LogP contribution in [0, 0.1) is 24.6 Å². The summed E-state index contributed by atoms with van der Waals surface area (Å²) in [5, 5.41) is 15.7. The summed E-state index contributed by atoms with van der Waals surface area (Å²) in [7, 11) is 0. The molecule has 0 aliphatic carbocycles. The number of nitrogens with zero attached hydrogens (tertiary/aromatic N) is 1. The largest absolute Gasteiger partial charge is 0.481 e. The van der Waals surface area contributed by atoms with Crippen molar-refractivity contribution < 1.29 is 28.4 Å². The minimum absolute atomic E-state index is 0.0528. The van der Waals surface area contributed by atoms with Crippen molar-refractivity contribution in [1.82, 2.24) is 10.5 Å². The van der Waals surface area contributed by atoms with Gasteiger partial charge in [-0.25, -0.2) is 4.39 Å². The third kappa shape index (κ3) is 5.73. The van der Waals surface area contributed by atoms with E-state index in [2.05, 4.69) is 10.5 Å². The van der Waals surface area contributed by atoms with Crippen LogP contribution in [-0.2, 0) is 16.0 Å². The van der Waals surface area contributed by atoms with Gasteiger partial charge in [0.05, 0.1) is 12.0 Å². The molecular formula is C20H23FN2O5. The molecule has 2 rings (SSSR count). The number of Topliss-reactive ketones (excluding diaryl/α,β-unsaturated/α-hetero) is 1. The van der Waals surface area contributed by atoms with Crippen LogP contribution in [-0.4, -0.2) is 34.0 Å². The van der Waals surface area contributed by atoms with Gasteiger partial charge in [0.1, 0.15) is 11.6 Å². The van der Waals surface area contributed by atoms with Gasteiger partial charge in [-0.05, 0) is 37.0 Å². The first-order valence-electron chi connectivity index (χ1n) is 8.91. The van der Waals surface area contributed by atoms with Crippen LogP contribution in [0.25, 0.3) is 0 Å². The smallest absolute Gasteiger partial charge is 0.307 e. The molecule has 8 heteroatoms. The number of benzene rings is 1. The van der Waals surface area contributed by atoms with Gasteiger partial charge in [-0.2, -0.15) is 0 Å². The number of carboxylic acids is 1. The summed E-state index contributed by atoms with van der Waals surface area (Å²) in [6.07, 6.45) is -0.170. The van der Waals surface area contributed by atoms with Gasteiger partial charge >= 0.3 is 5.97 Å². The summed E-state index contributed by atoms with van der Waals surface area (Å²) in [4.78, 5) is 36.6. The molecule has 0 aliphatic rings. The Morgan fingerprint density at radius 3 is 2.36 bits per heavy atom. The molecule has 1 aromatic heterocycles. The fourth-order valence-electron chi connectivity index (χ4n) is 2.83. The molecule has 0 bridgehead atoms. The van der Waals surface area contributed by atoms with E-state index in [1.807, 2.05) is 0 Å². The number of carboxylic acid groups (broad SMARTS) is 1. The lowest BCUT2D eigenvalue weighted by molar-refractivity contribution is -0.144. The fraction of sp³-hybridized carbons (Fsp3) is 0.400. The number of hydrogen-bond acceptors (Lipinski definition) is 5. The predicted molar refractivity (Wildman–Crippen MR) is 98.2 cm³/mol. The van der Waals surface area contributed by atoms with Gasteiger partial charge in [-0.3, -0.25) is 14.4 Å². The zero-order valence-corrected chi connectivity index (χ0v) is 15.9. The van der Waals surface area contributed by atoms with Crippen LogP contribution in [0.3, 0.4) is 0 Å². The number of aryl methyl sites for hydroxylation is 1. The molecular weight excluding hydrogens is 367 g/mol. The van der Waals surface area contributed by atoms with E-state index in [9.17, 15) is 23.9 Å². The molecule has 1 amide bonds. The highest BCUT2D eigenvalue weighted by atomic mass is 19.1. The third-order valence-electron chi connectivity index (χ3n) is 4.35. The quantitative estimate of drug-likeness (QED) is 0.681. The Balaban J connectivity index is 2.08. The highest BCUT2D eigenvalue weighted by Gasteiger charge is 2.30. The number of aromatic nitrogens is 1. The maximum Gasteiger partial charge on any atom is 0.307 e. The van der Waals surface area contributed by atoms with Gasteiger partial charge in [0.2, 0.25) is 0 Å². The fourth-order valence-corrected chi connectivity index (χ4v) is 2.83. The van der Waals surface area contributed by atoms with E-state index >= 15 is 0 Å². The molecule has 0 aliphatic heterocycles. The van der Waals surface area contributed by atoms with Crippen molar-refractivity contribution in [3.8, 4) is 0 Å². The summed E-state index contributed by atoms with van der Waals surface area (Å²) >= 11 is 0. The molecule has 7 nitrogen and oxygen atoms in total. The van der Waals surface area contributed by atoms with Crippen molar-refractivity contribution in [2.24, 2.45) is 11.8 Å². The zero-order valence-electron chi connectivity index (χ0n) is 15.9. The minimum Gasteiger partial charge on any atom is -0.481 e. The number of carbonyl (C=O) groups is 3. The number of amides is 1. The Morgan fingerprint density at radius 2 is 1.86 bits per heavy atom. The molecule has 0 saturated heterocycles. The predicted octanol–water partition coefficient (Wildman–Crippen LogP) is 2.78. The van der Waals surface area contributed by atoms with Crippen LogP contribution in [0.2, 0.25) is 0 Å². The van der Waals surface area contributed by atoms with Crippen molar-refractivity contribution in [1.29, 1.82) is 0 Å². The van der Waals surface area contributed by atoms with Crippen molar-refractivity contribution in [2.45, 2.75) is 39.7 Å². The van der Waals surface area contributed by atoms with E-state index in [-0.39, 0.29) is 24.5 Å². The second-order valence-corrected chi connectivity index (χ2v) is 7.05. The molecule has 2 N–H and O–H groups in total. The molecule has 0 radical (unpaired) electrons. The van der Waals surface area contributed by atoms with Gasteiger partial charge < -0.3 is 14.9 Å². The van der Waals surface area contributed by atoms with Crippen molar-refractivity contribution in [3.63, 3.8) is 0 Å². The van der Waals surface area contributed by atoms with Gasteiger partial charge in [-0.15, -0.1) is 0 Å². The van der Waals surface area contributed by atoms with E-state index in [1.54, 1.807) is 20.8 Å². The Kier molecular flexibility index (Phi) is 7.03. The Hall–Kier alpha value is -3.03. The number of ketones is 1. The number of hydrogen-bond donors (Lipinski definition) is 2.